The molecule has 0 saturated carbocycles. The van der Waals surface area contributed by atoms with Crippen molar-refractivity contribution < 1.29 is 9.59 Å². The van der Waals surface area contributed by atoms with Crippen molar-refractivity contribution in [1.29, 1.82) is 0 Å². The van der Waals surface area contributed by atoms with Gasteiger partial charge in [0.2, 0.25) is 5.91 Å². The van der Waals surface area contributed by atoms with Gasteiger partial charge in [-0.25, -0.2) is 0 Å². The van der Waals surface area contributed by atoms with E-state index in [-0.39, 0.29) is 29.2 Å². The number of carbonyl (C=O) groups excluding carboxylic acids is 2. The number of carbonyl (C=O) groups is 2. The number of Topliss-reactive ketones (excluding diaryl/α,β-unsaturated/α-hetero) is 1. The molecule has 1 aromatic rings. The average molecular weight is 288 g/mol. The van der Waals surface area contributed by atoms with Crippen molar-refractivity contribution in [3.8, 4) is 0 Å². The van der Waals surface area contributed by atoms with Crippen LogP contribution in [0.1, 0.15) is 51.3 Å². The van der Waals surface area contributed by atoms with Crippen LogP contribution in [0.5, 0.6) is 0 Å². The number of ketones is 1. The number of nitrogens with one attached hydrogen (secondary N) is 2. The summed E-state index contributed by atoms with van der Waals surface area (Å²) in [4.78, 5) is 24.4. The Hall–Kier alpha value is -1.68. The number of rotatable bonds is 4. The summed E-state index contributed by atoms with van der Waals surface area (Å²) in [5.41, 5.74) is 1.83. The number of fused-ring (bicyclic) bond motifs is 1. The molecule has 0 aliphatic carbocycles. The first kappa shape index (κ1) is 15.7. The molecule has 2 unspecified atom stereocenters. The van der Waals surface area contributed by atoms with Crippen molar-refractivity contribution in [3.63, 3.8) is 0 Å². The van der Waals surface area contributed by atoms with E-state index in [0.29, 0.717) is 13.0 Å². The lowest BCUT2D eigenvalue weighted by atomic mass is 9.87. The second-order valence-electron chi connectivity index (χ2n) is 6.80. The summed E-state index contributed by atoms with van der Waals surface area (Å²) in [5, 5.41) is 6.16. The lowest BCUT2D eigenvalue weighted by molar-refractivity contribution is -0.127. The van der Waals surface area contributed by atoms with Gasteiger partial charge in [-0.2, -0.15) is 0 Å². The summed E-state index contributed by atoms with van der Waals surface area (Å²) < 4.78 is 0. The molecule has 0 saturated heterocycles. The molecule has 0 spiro atoms. The van der Waals surface area contributed by atoms with E-state index in [1.54, 1.807) is 0 Å². The zero-order chi connectivity index (χ0) is 15.6. The average Bonchev–Trinajstić information content (AvgIpc) is 2.81. The van der Waals surface area contributed by atoms with E-state index in [1.165, 1.54) is 0 Å². The number of hydrogen-bond acceptors (Lipinski definition) is 3. The summed E-state index contributed by atoms with van der Waals surface area (Å²) in [6, 6.07) is 7.46. The van der Waals surface area contributed by atoms with Crippen LogP contribution in [-0.4, -0.2) is 17.7 Å². The zero-order valence-corrected chi connectivity index (χ0v) is 13.2. The summed E-state index contributed by atoms with van der Waals surface area (Å²) in [6.07, 6.45) is 0.365. The Balaban J connectivity index is 1.95. The molecule has 0 fully saturated rings. The molecular weight excluding hydrogens is 264 g/mol. The van der Waals surface area contributed by atoms with Gasteiger partial charge in [0.1, 0.15) is 11.8 Å². The van der Waals surface area contributed by atoms with Crippen molar-refractivity contribution in [3.05, 3.63) is 35.4 Å². The Morgan fingerprint density at radius 1 is 1.33 bits per heavy atom. The Bertz CT molecular complexity index is 546. The Labute approximate surface area is 126 Å². The van der Waals surface area contributed by atoms with E-state index >= 15 is 0 Å². The van der Waals surface area contributed by atoms with Crippen LogP contribution in [0.2, 0.25) is 0 Å². The maximum atomic E-state index is 12.4. The Morgan fingerprint density at radius 3 is 2.67 bits per heavy atom. The molecule has 114 valence electrons. The van der Waals surface area contributed by atoms with Gasteiger partial charge in [0.05, 0.1) is 0 Å². The summed E-state index contributed by atoms with van der Waals surface area (Å²) in [7, 11) is 0. The van der Waals surface area contributed by atoms with Crippen LogP contribution >= 0.6 is 0 Å². The predicted octanol–water partition coefficient (Wildman–Crippen LogP) is 2.34. The predicted molar refractivity (Wildman–Crippen MR) is 82.7 cm³/mol. The van der Waals surface area contributed by atoms with Gasteiger partial charge in [-0.15, -0.1) is 0 Å². The first-order chi connectivity index (χ1) is 9.79. The first-order valence-electron chi connectivity index (χ1n) is 7.44. The van der Waals surface area contributed by atoms with Crippen LogP contribution in [0.3, 0.4) is 0 Å². The minimum absolute atomic E-state index is 0.0610. The van der Waals surface area contributed by atoms with Crippen LogP contribution < -0.4 is 10.6 Å². The van der Waals surface area contributed by atoms with Crippen LogP contribution in [0.15, 0.2) is 24.3 Å². The molecule has 1 aromatic carbocycles. The molecule has 1 heterocycles. The van der Waals surface area contributed by atoms with Gasteiger partial charge in [0.15, 0.2) is 0 Å². The highest BCUT2D eigenvalue weighted by atomic mass is 16.2. The molecule has 0 aromatic heterocycles. The molecule has 2 N–H and O–H groups in total. The molecule has 2 rings (SSSR count). The highest BCUT2D eigenvalue weighted by Gasteiger charge is 2.29. The molecule has 1 aliphatic rings. The van der Waals surface area contributed by atoms with E-state index in [9.17, 15) is 9.59 Å². The van der Waals surface area contributed by atoms with Gasteiger partial charge in [-0.1, -0.05) is 45.0 Å². The minimum Gasteiger partial charge on any atom is -0.352 e. The number of benzene rings is 1. The topological polar surface area (TPSA) is 58.2 Å². The number of hydrogen-bond donors (Lipinski definition) is 2. The van der Waals surface area contributed by atoms with Gasteiger partial charge >= 0.3 is 0 Å². The maximum absolute atomic E-state index is 12.4. The molecule has 0 bridgehead atoms. The Kier molecular flexibility index (Phi) is 4.47. The highest BCUT2D eigenvalue weighted by molar-refractivity contribution is 5.87. The van der Waals surface area contributed by atoms with Gasteiger partial charge in [0, 0.05) is 24.4 Å². The smallest absolute Gasteiger partial charge is 0.241 e. The summed E-state index contributed by atoms with van der Waals surface area (Å²) in [6.45, 7) is 8.29. The van der Waals surface area contributed by atoms with E-state index in [0.717, 1.165) is 11.1 Å². The van der Waals surface area contributed by atoms with Crippen LogP contribution in [-0.2, 0) is 16.1 Å². The quantitative estimate of drug-likeness (QED) is 0.894. The zero-order valence-electron chi connectivity index (χ0n) is 13.2. The van der Waals surface area contributed by atoms with Crippen molar-refractivity contribution in [2.24, 2.45) is 5.41 Å². The third-order valence-corrected chi connectivity index (χ3v) is 3.84. The summed E-state index contributed by atoms with van der Waals surface area (Å²) >= 11 is 0. The molecular formula is C17H24N2O2. The van der Waals surface area contributed by atoms with E-state index < -0.39 is 0 Å². The summed E-state index contributed by atoms with van der Waals surface area (Å²) in [5.74, 6) is 0.101. The minimum atomic E-state index is -0.364. The van der Waals surface area contributed by atoms with Crippen LogP contribution in [0.25, 0.3) is 0 Å². The molecule has 2 atom stereocenters. The Morgan fingerprint density at radius 2 is 2.00 bits per heavy atom. The SMILES string of the molecule is CC(CC(=O)C(C)(C)C)NC(=O)C1NCc2ccccc21. The lowest BCUT2D eigenvalue weighted by Gasteiger charge is -2.22. The third-order valence-electron chi connectivity index (χ3n) is 3.84. The van der Waals surface area contributed by atoms with Crippen molar-refractivity contribution in [2.75, 3.05) is 0 Å². The number of amides is 1. The van der Waals surface area contributed by atoms with Crippen LogP contribution in [0, 0.1) is 5.41 Å². The normalized spacial score (nSPS) is 19.0. The van der Waals surface area contributed by atoms with E-state index in [2.05, 4.69) is 10.6 Å². The highest BCUT2D eigenvalue weighted by Crippen LogP contribution is 2.25. The molecule has 21 heavy (non-hydrogen) atoms. The fourth-order valence-electron chi connectivity index (χ4n) is 2.49. The van der Waals surface area contributed by atoms with E-state index in [1.807, 2.05) is 52.0 Å². The van der Waals surface area contributed by atoms with Crippen molar-refractivity contribution >= 4 is 11.7 Å². The first-order valence-corrected chi connectivity index (χ1v) is 7.44. The van der Waals surface area contributed by atoms with Crippen molar-refractivity contribution in [2.45, 2.75) is 52.7 Å². The largest absolute Gasteiger partial charge is 0.352 e. The van der Waals surface area contributed by atoms with Gasteiger partial charge < -0.3 is 5.32 Å². The molecule has 4 nitrogen and oxygen atoms in total. The van der Waals surface area contributed by atoms with Crippen molar-refractivity contribution in [1.82, 2.24) is 10.6 Å². The fraction of sp³-hybridized carbons (Fsp3) is 0.529. The standard InChI is InChI=1S/C17H24N2O2/c1-11(9-14(20)17(2,3)4)19-16(21)15-13-8-6-5-7-12(13)10-18-15/h5-8,11,15,18H,9-10H2,1-4H3,(H,19,21). The van der Waals surface area contributed by atoms with Gasteiger partial charge in [-0.3, -0.25) is 14.9 Å². The molecule has 4 heteroatoms. The molecule has 1 aliphatic heterocycles. The third kappa shape index (κ3) is 3.70. The fourth-order valence-corrected chi connectivity index (χ4v) is 2.49. The van der Waals surface area contributed by atoms with Crippen LogP contribution in [0.4, 0.5) is 0 Å². The maximum Gasteiger partial charge on any atom is 0.241 e. The van der Waals surface area contributed by atoms with Gasteiger partial charge in [0.25, 0.3) is 0 Å². The lowest BCUT2D eigenvalue weighted by Crippen LogP contribution is -2.41. The van der Waals surface area contributed by atoms with E-state index in [4.69, 9.17) is 0 Å². The van der Waals surface area contributed by atoms with Gasteiger partial charge in [-0.05, 0) is 18.1 Å². The second kappa shape index (κ2) is 5.98. The second-order valence-corrected chi connectivity index (χ2v) is 6.80. The monoisotopic (exact) mass is 288 g/mol. The molecule has 1 amide bonds. The molecule has 0 radical (unpaired) electrons.